The standard InChI is InChI=1S/C13H11ClN2O2/c14-12-8-10(6-7-15-12)16-13(17)9-18-11-4-2-1-3-5-11/h1-8H,9H2,(H,15,16,17). The molecule has 4 nitrogen and oxygen atoms in total. The fourth-order valence-corrected chi connectivity index (χ4v) is 1.52. The first-order valence-corrected chi connectivity index (χ1v) is 5.71. The first-order chi connectivity index (χ1) is 8.74. The van der Waals surface area contributed by atoms with Crippen molar-refractivity contribution in [2.75, 3.05) is 11.9 Å². The number of anilines is 1. The maximum Gasteiger partial charge on any atom is 0.262 e. The van der Waals surface area contributed by atoms with Crippen molar-refractivity contribution in [3.05, 3.63) is 53.8 Å². The number of carbonyl (C=O) groups is 1. The summed E-state index contributed by atoms with van der Waals surface area (Å²) in [4.78, 5) is 15.4. The maximum atomic E-state index is 11.6. The molecule has 92 valence electrons. The molecular weight excluding hydrogens is 252 g/mol. The lowest BCUT2D eigenvalue weighted by atomic mass is 10.3. The number of hydrogen-bond donors (Lipinski definition) is 1. The molecule has 1 heterocycles. The lowest BCUT2D eigenvalue weighted by Crippen LogP contribution is -2.20. The van der Waals surface area contributed by atoms with E-state index in [1.165, 1.54) is 6.20 Å². The molecule has 18 heavy (non-hydrogen) atoms. The van der Waals surface area contributed by atoms with Gasteiger partial charge in [0.05, 0.1) is 0 Å². The maximum absolute atomic E-state index is 11.6. The number of halogens is 1. The largest absolute Gasteiger partial charge is 0.484 e. The summed E-state index contributed by atoms with van der Waals surface area (Å²) >= 11 is 5.71. The van der Waals surface area contributed by atoms with Crippen molar-refractivity contribution in [3.63, 3.8) is 0 Å². The van der Waals surface area contributed by atoms with Crippen molar-refractivity contribution in [2.45, 2.75) is 0 Å². The molecule has 1 N–H and O–H groups in total. The van der Waals surface area contributed by atoms with Crippen LogP contribution in [0.2, 0.25) is 5.15 Å². The molecule has 0 radical (unpaired) electrons. The van der Waals surface area contributed by atoms with Crippen LogP contribution in [0, 0.1) is 0 Å². The number of carbonyl (C=O) groups excluding carboxylic acids is 1. The van der Waals surface area contributed by atoms with E-state index < -0.39 is 0 Å². The number of ether oxygens (including phenoxy) is 1. The van der Waals surface area contributed by atoms with Crippen molar-refractivity contribution >= 4 is 23.2 Å². The minimum absolute atomic E-state index is 0.0516. The lowest BCUT2D eigenvalue weighted by molar-refractivity contribution is -0.118. The summed E-state index contributed by atoms with van der Waals surface area (Å²) in [5.74, 6) is 0.404. The normalized spacial score (nSPS) is 9.83. The Kier molecular flexibility index (Phi) is 4.15. The molecule has 5 heteroatoms. The number of nitrogens with zero attached hydrogens (tertiary/aromatic N) is 1. The first kappa shape index (κ1) is 12.4. The molecule has 1 amide bonds. The topological polar surface area (TPSA) is 51.2 Å². The highest BCUT2D eigenvalue weighted by atomic mass is 35.5. The predicted octanol–water partition coefficient (Wildman–Crippen LogP) is 2.75. The minimum Gasteiger partial charge on any atom is -0.484 e. The van der Waals surface area contributed by atoms with Gasteiger partial charge in [-0.1, -0.05) is 29.8 Å². The summed E-state index contributed by atoms with van der Waals surface area (Å²) in [7, 11) is 0. The molecule has 0 spiro atoms. The van der Waals surface area contributed by atoms with Gasteiger partial charge in [-0.05, 0) is 24.3 Å². The average Bonchev–Trinajstić information content (AvgIpc) is 2.38. The number of para-hydroxylation sites is 1. The summed E-state index contributed by atoms with van der Waals surface area (Å²) in [6.07, 6.45) is 1.52. The van der Waals surface area contributed by atoms with Gasteiger partial charge >= 0.3 is 0 Å². The average molecular weight is 263 g/mol. The van der Waals surface area contributed by atoms with Crippen LogP contribution in [0.25, 0.3) is 0 Å². The van der Waals surface area contributed by atoms with E-state index in [9.17, 15) is 4.79 Å². The van der Waals surface area contributed by atoms with Crippen LogP contribution in [0.15, 0.2) is 48.7 Å². The molecule has 0 unspecified atom stereocenters. The van der Waals surface area contributed by atoms with Gasteiger partial charge in [-0.3, -0.25) is 4.79 Å². The van der Waals surface area contributed by atoms with Crippen molar-refractivity contribution < 1.29 is 9.53 Å². The minimum atomic E-state index is -0.249. The number of rotatable bonds is 4. The highest BCUT2D eigenvalue weighted by Crippen LogP contribution is 2.12. The zero-order valence-corrected chi connectivity index (χ0v) is 10.2. The zero-order valence-electron chi connectivity index (χ0n) is 9.47. The van der Waals surface area contributed by atoms with Crippen LogP contribution in [0.4, 0.5) is 5.69 Å². The van der Waals surface area contributed by atoms with Crippen molar-refractivity contribution in [1.82, 2.24) is 4.98 Å². The third-order valence-electron chi connectivity index (χ3n) is 2.12. The summed E-state index contributed by atoms with van der Waals surface area (Å²) in [6.45, 7) is -0.0516. The van der Waals surface area contributed by atoms with E-state index in [4.69, 9.17) is 16.3 Å². The molecular formula is C13H11ClN2O2. The molecule has 1 aromatic heterocycles. The summed E-state index contributed by atoms with van der Waals surface area (Å²) in [5, 5.41) is 2.99. The van der Waals surface area contributed by atoms with Crippen molar-refractivity contribution in [2.24, 2.45) is 0 Å². The highest BCUT2D eigenvalue weighted by molar-refractivity contribution is 6.29. The number of benzene rings is 1. The Morgan fingerprint density at radius 2 is 2.06 bits per heavy atom. The number of aromatic nitrogens is 1. The third kappa shape index (κ3) is 3.75. The van der Waals surface area contributed by atoms with Gasteiger partial charge in [-0.2, -0.15) is 0 Å². The molecule has 0 aliphatic heterocycles. The Balaban J connectivity index is 1.86. The van der Waals surface area contributed by atoms with Gasteiger partial charge in [0.15, 0.2) is 6.61 Å². The zero-order chi connectivity index (χ0) is 12.8. The van der Waals surface area contributed by atoms with Gasteiger partial charge < -0.3 is 10.1 Å². The molecule has 0 saturated carbocycles. The van der Waals surface area contributed by atoms with Crippen LogP contribution in [-0.2, 0) is 4.79 Å². The molecule has 1 aromatic carbocycles. The summed E-state index contributed by atoms with van der Waals surface area (Å²) in [6, 6.07) is 12.4. The van der Waals surface area contributed by atoms with Gasteiger partial charge in [0.1, 0.15) is 10.9 Å². The quantitative estimate of drug-likeness (QED) is 0.862. The molecule has 2 aromatic rings. The van der Waals surface area contributed by atoms with E-state index in [0.717, 1.165) is 0 Å². The van der Waals surface area contributed by atoms with E-state index in [-0.39, 0.29) is 12.5 Å². The number of nitrogens with one attached hydrogen (secondary N) is 1. The van der Waals surface area contributed by atoms with Crippen LogP contribution < -0.4 is 10.1 Å². The SMILES string of the molecule is O=C(COc1ccccc1)Nc1ccnc(Cl)c1. The van der Waals surface area contributed by atoms with Gasteiger partial charge in [0.2, 0.25) is 0 Å². The smallest absolute Gasteiger partial charge is 0.262 e. The molecule has 0 atom stereocenters. The Morgan fingerprint density at radius 3 is 2.78 bits per heavy atom. The molecule has 0 aliphatic carbocycles. The third-order valence-corrected chi connectivity index (χ3v) is 2.33. The summed E-state index contributed by atoms with van der Waals surface area (Å²) < 4.78 is 5.31. The Labute approximate surface area is 110 Å². The van der Waals surface area contributed by atoms with Gasteiger partial charge in [0, 0.05) is 11.9 Å². The fourth-order valence-electron chi connectivity index (χ4n) is 1.34. The van der Waals surface area contributed by atoms with E-state index in [2.05, 4.69) is 10.3 Å². The molecule has 0 saturated heterocycles. The second kappa shape index (κ2) is 6.02. The van der Waals surface area contributed by atoms with Crippen LogP contribution in [0.3, 0.4) is 0 Å². The second-order valence-corrected chi connectivity index (χ2v) is 3.90. The van der Waals surface area contributed by atoms with Gasteiger partial charge in [-0.15, -0.1) is 0 Å². The first-order valence-electron chi connectivity index (χ1n) is 5.33. The highest BCUT2D eigenvalue weighted by Gasteiger charge is 2.04. The van der Waals surface area contributed by atoms with E-state index in [0.29, 0.717) is 16.6 Å². The monoisotopic (exact) mass is 262 g/mol. The molecule has 0 aliphatic rings. The van der Waals surface area contributed by atoms with Crippen LogP contribution in [0.5, 0.6) is 5.75 Å². The fraction of sp³-hybridized carbons (Fsp3) is 0.0769. The number of amides is 1. The van der Waals surface area contributed by atoms with Crippen molar-refractivity contribution in [3.8, 4) is 5.75 Å². The van der Waals surface area contributed by atoms with Crippen LogP contribution in [0.1, 0.15) is 0 Å². The number of pyridine rings is 1. The Morgan fingerprint density at radius 1 is 1.28 bits per heavy atom. The molecule has 0 bridgehead atoms. The van der Waals surface area contributed by atoms with E-state index in [1.807, 2.05) is 18.2 Å². The van der Waals surface area contributed by atoms with Crippen molar-refractivity contribution in [1.29, 1.82) is 0 Å². The Bertz CT molecular complexity index is 532. The molecule has 2 rings (SSSR count). The van der Waals surface area contributed by atoms with Crippen LogP contribution in [-0.4, -0.2) is 17.5 Å². The Hall–Kier alpha value is -2.07. The molecule has 0 fully saturated rings. The van der Waals surface area contributed by atoms with Gasteiger partial charge in [-0.25, -0.2) is 4.98 Å². The van der Waals surface area contributed by atoms with E-state index in [1.54, 1.807) is 24.3 Å². The number of hydrogen-bond acceptors (Lipinski definition) is 3. The lowest BCUT2D eigenvalue weighted by Gasteiger charge is -2.07. The van der Waals surface area contributed by atoms with Crippen LogP contribution >= 0.6 is 11.6 Å². The van der Waals surface area contributed by atoms with Gasteiger partial charge in [0.25, 0.3) is 5.91 Å². The predicted molar refractivity (Wildman–Crippen MR) is 69.8 cm³/mol. The summed E-state index contributed by atoms with van der Waals surface area (Å²) in [5.41, 5.74) is 0.594. The van der Waals surface area contributed by atoms with E-state index >= 15 is 0 Å². The second-order valence-electron chi connectivity index (χ2n) is 3.52.